The van der Waals surface area contributed by atoms with Gasteiger partial charge in [-0.15, -0.1) is 0 Å². The summed E-state index contributed by atoms with van der Waals surface area (Å²) in [4.78, 5) is 7.36. The van der Waals surface area contributed by atoms with Crippen LogP contribution in [0.5, 0.6) is 5.88 Å². The zero-order valence-corrected chi connectivity index (χ0v) is 12.3. The monoisotopic (exact) mass is 305 g/mol. The van der Waals surface area contributed by atoms with E-state index in [1.54, 1.807) is 13.3 Å². The lowest BCUT2D eigenvalue weighted by atomic mass is 10.2. The second-order valence-corrected chi connectivity index (χ2v) is 5.16. The summed E-state index contributed by atoms with van der Waals surface area (Å²) < 4.78 is 7.66. The van der Waals surface area contributed by atoms with Crippen molar-refractivity contribution in [1.29, 1.82) is 0 Å². The van der Waals surface area contributed by atoms with Gasteiger partial charge in [0, 0.05) is 12.3 Å². The normalized spacial score (nSPS) is 10.9. The number of hydrogen-bond donors (Lipinski definition) is 1. The van der Waals surface area contributed by atoms with E-state index in [0.717, 1.165) is 16.6 Å². The van der Waals surface area contributed by atoms with E-state index >= 15 is 0 Å². The summed E-state index contributed by atoms with van der Waals surface area (Å²) >= 11 is 11.6. The van der Waals surface area contributed by atoms with E-state index in [9.17, 15) is 0 Å². The fourth-order valence-corrected chi connectivity index (χ4v) is 2.68. The Labute approximate surface area is 126 Å². The van der Waals surface area contributed by atoms with Gasteiger partial charge in [0.05, 0.1) is 29.7 Å². The molecule has 0 aliphatic heterocycles. The largest absolute Gasteiger partial charge is 0.481 e. The molecule has 2 aromatic heterocycles. The first kappa shape index (κ1) is 13.1. The second kappa shape index (κ2) is 5.26. The van der Waals surface area contributed by atoms with Crippen LogP contribution in [0.4, 0.5) is 0 Å². The van der Waals surface area contributed by atoms with Crippen molar-refractivity contribution in [2.24, 2.45) is 0 Å². The quantitative estimate of drug-likeness (QED) is 0.748. The number of methoxy groups -OCH3 is 1. The van der Waals surface area contributed by atoms with Gasteiger partial charge in [-0.25, -0.2) is 4.98 Å². The maximum absolute atomic E-state index is 6.27. The molecule has 3 rings (SSSR count). The number of ether oxygens (including phenoxy) is 1. The molecule has 20 heavy (non-hydrogen) atoms. The van der Waals surface area contributed by atoms with Crippen LogP contribution >= 0.6 is 23.8 Å². The zero-order chi connectivity index (χ0) is 14.1. The standard InChI is InChI=1S/C14H12ClN3OS/c1-19-12-6-5-9(7-16-12)8-18-13-10(15)3-2-4-11(13)17-14(18)20/h2-7H,8H2,1H3,(H,17,20). The summed E-state index contributed by atoms with van der Waals surface area (Å²) in [5.74, 6) is 0.592. The van der Waals surface area contributed by atoms with E-state index in [1.165, 1.54) is 0 Å². The lowest BCUT2D eigenvalue weighted by Gasteiger charge is -2.06. The first-order valence-electron chi connectivity index (χ1n) is 6.05. The highest BCUT2D eigenvalue weighted by Crippen LogP contribution is 2.24. The smallest absolute Gasteiger partial charge is 0.212 e. The van der Waals surface area contributed by atoms with Gasteiger partial charge >= 0.3 is 0 Å². The molecule has 4 nitrogen and oxygen atoms in total. The molecule has 0 fully saturated rings. The minimum absolute atomic E-state index is 0.592. The van der Waals surface area contributed by atoms with E-state index in [1.807, 2.05) is 34.9 Å². The minimum atomic E-state index is 0.592. The number of para-hydroxylation sites is 1. The van der Waals surface area contributed by atoms with Gasteiger partial charge in [0.15, 0.2) is 4.77 Å². The molecule has 0 atom stereocenters. The van der Waals surface area contributed by atoms with Crippen molar-refractivity contribution in [3.8, 4) is 5.88 Å². The van der Waals surface area contributed by atoms with Gasteiger partial charge in [-0.05, 0) is 29.9 Å². The molecule has 0 spiro atoms. The van der Waals surface area contributed by atoms with Crippen LogP contribution in [0.15, 0.2) is 36.5 Å². The third kappa shape index (κ3) is 2.30. The van der Waals surface area contributed by atoms with Crippen LogP contribution in [0.3, 0.4) is 0 Å². The molecule has 3 aromatic rings. The van der Waals surface area contributed by atoms with Gasteiger partial charge < -0.3 is 14.3 Å². The number of rotatable bonds is 3. The molecule has 102 valence electrons. The minimum Gasteiger partial charge on any atom is -0.481 e. The SMILES string of the molecule is COc1ccc(Cn2c(=S)[nH]c3cccc(Cl)c32)cn1. The first-order chi connectivity index (χ1) is 9.69. The number of imidazole rings is 1. The van der Waals surface area contributed by atoms with Gasteiger partial charge in [0.2, 0.25) is 5.88 Å². The summed E-state index contributed by atoms with van der Waals surface area (Å²) in [5.41, 5.74) is 2.88. The van der Waals surface area contributed by atoms with Crippen LogP contribution in [0.2, 0.25) is 5.02 Å². The molecule has 0 radical (unpaired) electrons. The maximum Gasteiger partial charge on any atom is 0.212 e. The fourth-order valence-electron chi connectivity index (χ4n) is 2.13. The number of fused-ring (bicyclic) bond motifs is 1. The van der Waals surface area contributed by atoms with Crippen molar-refractivity contribution in [1.82, 2.24) is 14.5 Å². The van der Waals surface area contributed by atoms with Crippen LogP contribution < -0.4 is 4.74 Å². The molecule has 2 heterocycles. The molecule has 0 amide bonds. The van der Waals surface area contributed by atoms with Crippen LogP contribution in [0.25, 0.3) is 11.0 Å². The average molecular weight is 306 g/mol. The molecule has 0 saturated heterocycles. The Kier molecular flexibility index (Phi) is 3.46. The Bertz CT molecular complexity index is 807. The molecule has 6 heteroatoms. The van der Waals surface area contributed by atoms with Crippen LogP contribution in [-0.2, 0) is 6.54 Å². The van der Waals surface area contributed by atoms with Gasteiger partial charge in [-0.3, -0.25) is 0 Å². The first-order valence-corrected chi connectivity index (χ1v) is 6.83. The molecule has 1 N–H and O–H groups in total. The highest BCUT2D eigenvalue weighted by molar-refractivity contribution is 7.71. The number of pyridine rings is 1. The number of nitrogens with zero attached hydrogens (tertiary/aromatic N) is 2. The summed E-state index contributed by atoms with van der Waals surface area (Å²) in [6.07, 6.45) is 1.77. The lowest BCUT2D eigenvalue weighted by Crippen LogP contribution is -2.01. The second-order valence-electron chi connectivity index (χ2n) is 4.36. The summed E-state index contributed by atoms with van der Waals surface area (Å²) in [6.45, 7) is 0.611. The van der Waals surface area contributed by atoms with E-state index in [-0.39, 0.29) is 0 Å². The number of aromatic amines is 1. The Balaban J connectivity index is 2.05. The maximum atomic E-state index is 6.27. The highest BCUT2D eigenvalue weighted by atomic mass is 35.5. The van der Waals surface area contributed by atoms with E-state index in [0.29, 0.717) is 22.2 Å². The lowest BCUT2D eigenvalue weighted by molar-refractivity contribution is 0.397. The number of halogens is 1. The topological polar surface area (TPSA) is 42.8 Å². The molecular formula is C14H12ClN3OS. The van der Waals surface area contributed by atoms with Crippen LogP contribution in [0.1, 0.15) is 5.56 Å². The Morgan fingerprint density at radius 2 is 2.20 bits per heavy atom. The third-order valence-electron chi connectivity index (χ3n) is 3.09. The third-order valence-corrected chi connectivity index (χ3v) is 3.72. The summed E-state index contributed by atoms with van der Waals surface area (Å²) in [6, 6.07) is 9.50. The van der Waals surface area contributed by atoms with E-state index in [4.69, 9.17) is 28.6 Å². The number of aromatic nitrogens is 3. The number of hydrogen-bond acceptors (Lipinski definition) is 3. The van der Waals surface area contributed by atoms with E-state index in [2.05, 4.69) is 9.97 Å². The molecular weight excluding hydrogens is 294 g/mol. The number of nitrogens with one attached hydrogen (secondary N) is 1. The average Bonchev–Trinajstić information content (AvgIpc) is 2.77. The number of benzene rings is 1. The molecule has 0 aliphatic carbocycles. The van der Waals surface area contributed by atoms with Crippen molar-refractivity contribution >= 4 is 34.9 Å². The fraction of sp³-hybridized carbons (Fsp3) is 0.143. The van der Waals surface area contributed by atoms with Crippen LogP contribution in [0, 0.1) is 4.77 Å². The van der Waals surface area contributed by atoms with Crippen molar-refractivity contribution in [3.63, 3.8) is 0 Å². The van der Waals surface area contributed by atoms with Crippen molar-refractivity contribution in [2.45, 2.75) is 6.54 Å². The van der Waals surface area contributed by atoms with Crippen molar-refractivity contribution in [3.05, 3.63) is 51.9 Å². The van der Waals surface area contributed by atoms with E-state index < -0.39 is 0 Å². The van der Waals surface area contributed by atoms with Gasteiger partial charge in [-0.2, -0.15) is 0 Å². The van der Waals surface area contributed by atoms with Crippen molar-refractivity contribution in [2.75, 3.05) is 7.11 Å². The van der Waals surface area contributed by atoms with Gasteiger partial charge in [-0.1, -0.05) is 23.7 Å². The van der Waals surface area contributed by atoms with Crippen LogP contribution in [-0.4, -0.2) is 21.6 Å². The predicted octanol–water partition coefficient (Wildman–Crippen LogP) is 3.80. The summed E-state index contributed by atoms with van der Waals surface area (Å²) in [7, 11) is 1.59. The van der Waals surface area contributed by atoms with Gasteiger partial charge in [0.1, 0.15) is 0 Å². The zero-order valence-electron chi connectivity index (χ0n) is 10.8. The Morgan fingerprint density at radius 3 is 2.90 bits per heavy atom. The van der Waals surface area contributed by atoms with Gasteiger partial charge in [0.25, 0.3) is 0 Å². The molecule has 0 bridgehead atoms. The number of H-pyrrole nitrogens is 1. The highest BCUT2D eigenvalue weighted by Gasteiger charge is 2.08. The Hall–Kier alpha value is -1.85. The molecule has 0 aliphatic rings. The predicted molar refractivity (Wildman–Crippen MR) is 82.0 cm³/mol. The Morgan fingerprint density at radius 1 is 1.35 bits per heavy atom. The molecule has 0 saturated carbocycles. The van der Waals surface area contributed by atoms with Crippen molar-refractivity contribution < 1.29 is 4.74 Å². The molecule has 0 unspecified atom stereocenters. The molecule has 1 aromatic carbocycles. The summed E-state index contributed by atoms with van der Waals surface area (Å²) in [5, 5.41) is 0.677.